The number of amides is 1. The first-order valence-electron chi connectivity index (χ1n) is 7.72. The topological polar surface area (TPSA) is 77.2 Å². The van der Waals surface area contributed by atoms with Crippen molar-refractivity contribution < 1.29 is 18.7 Å². The predicted molar refractivity (Wildman–Crippen MR) is 84.4 cm³/mol. The molecule has 0 spiro atoms. The molecule has 5 nitrogen and oxygen atoms in total. The molecule has 1 fully saturated rings. The summed E-state index contributed by atoms with van der Waals surface area (Å²) in [6, 6.07) is 7.80. The van der Waals surface area contributed by atoms with Gasteiger partial charge in [0.2, 0.25) is 0 Å². The minimum atomic E-state index is -1.00. The number of carbonyl (C=O) groups excluding carboxylic acids is 1. The average Bonchev–Trinajstić information content (AvgIpc) is 2.98. The molecule has 1 aliphatic rings. The van der Waals surface area contributed by atoms with Crippen LogP contribution in [0.4, 0.5) is 8.78 Å². The zero-order valence-corrected chi connectivity index (χ0v) is 13.4. The number of β-amino-alcohol motifs (C(OH)–C–C–N with tert-alkyl or cyclic N) is 1. The molecule has 0 bridgehead atoms. The smallest absolute Gasteiger partial charge is 0.273 e. The van der Waals surface area contributed by atoms with Gasteiger partial charge in [0.1, 0.15) is 11.8 Å². The number of aliphatic hydroxyl groups is 1. The Labute approximate surface area is 143 Å². The third kappa shape index (κ3) is 3.21. The summed E-state index contributed by atoms with van der Waals surface area (Å²) in [6.45, 7) is 1.70. The number of hydrogen-bond donors (Lipinski definition) is 1. The van der Waals surface area contributed by atoms with E-state index in [0.717, 1.165) is 12.1 Å². The Bertz CT molecular complexity index is 879. The van der Waals surface area contributed by atoms with Gasteiger partial charge in [0, 0.05) is 6.54 Å². The highest BCUT2D eigenvalue weighted by Crippen LogP contribution is 2.34. The average molecular weight is 343 g/mol. The summed E-state index contributed by atoms with van der Waals surface area (Å²) < 4.78 is 26.7. The molecule has 1 aromatic carbocycles. The number of halogens is 2. The van der Waals surface area contributed by atoms with Crippen LogP contribution in [0.15, 0.2) is 30.3 Å². The van der Waals surface area contributed by atoms with Gasteiger partial charge >= 0.3 is 0 Å². The van der Waals surface area contributed by atoms with Gasteiger partial charge in [0.05, 0.1) is 23.4 Å². The van der Waals surface area contributed by atoms with E-state index in [-0.39, 0.29) is 18.7 Å². The van der Waals surface area contributed by atoms with Crippen LogP contribution in [0.1, 0.15) is 39.8 Å². The Kier molecular flexibility index (Phi) is 4.47. The SMILES string of the molecule is Cc1nc(C(=O)N2C[C@@H](O)C[C@@H]2c2ccc(F)c(F)c2)ccc1C#N. The number of nitrogens with zero attached hydrogens (tertiary/aromatic N) is 3. The van der Waals surface area contributed by atoms with Crippen LogP contribution in [-0.4, -0.2) is 33.5 Å². The Morgan fingerprint density at radius 3 is 2.72 bits per heavy atom. The van der Waals surface area contributed by atoms with Crippen LogP contribution in [0.25, 0.3) is 0 Å². The maximum atomic E-state index is 13.5. The standard InChI is InChI=1S/C18H15F2N3O2/c1-10-12(8-21)3-5-16(22-10)18(25)23-9-13(24)7-17(23)11-2-4-14(19)15(20)6-11/h2-6,13,17,24H,7,9H2,1H3/t13-,17+/m0/s1. The van der Waals surface area contributed by atoms with Crippen LogP contribution in [0.5, 0.6) is 0 Å². The van der Waals surface area contributed by atoms with Gasteiger partial charge in [0.25, 0.3) is 5.91 Å². The Balaban J connectivity index is 1.93. The summed E-state index contributed by atoms with van der Waals surface area (Å²) in [7, 11) is 0. The lowest BCUT2D eigenvalue weighted by atomic mass is 10.0. The molecular weight excluding hydrogens is 328 g/mol. The van der Waals surface area contributed by atoms with Gasteiger partial charge in [-0.2, -0.15) is 5.26 Å². The molecule has 7 heteroatoms. The van der Waals surface area contributed by atoms with Crippen molar-refractivity contribution in [2.45, 2.75) is 25.5 Å². The number of nitriles is 1. The number of likely N-dealkylation sites (tertiary alicyclic amines) is 1. The van der Waals surface area contributed by atoms with Crippen molar-refractivity contribution in [2.24, 2.45) is 0 Å². The molecular formula is C18H15F2N3O2. The fourth-order valence-electron chi connectivity index (χ4n) is 3.02. The molecule has 2 heterocycles. The molecule has 3 rings (SSSR count). The number of hydrogen-bond acceptors (Lipinski definition) is 4. The van der Waals surface area contributed by atoms with Crippen LogP contribution in [0.2, 0.25) is 0 Å². The van der Waals surface area contributed by atoms with Crippen molar-refractivity contribution >= 4 is 5.91 Å². The van der Waals surface area contributed by atoms with E-state index in [1.807, 2.05) is 6.07 Å². The van der Waals surface area contributed by atoms with Gasteiger partial charge in [-0.25, -0.2) is 13.8 Å². The van der Waals surface area contributed by atoms with Gasteiger partial charge < -0.3 is 10.0 Å². The van der Waals surface area contributed by atoms with Crippen molar-refractivity contribution in [3.8, 4) is 6.07 Å². The third-order valence-corrected chi connectivity index (χ3v) is 4.29. The van der Waals surface area contributed by atoms with Crippen LogP contribution in [0.3, 0.4) is 0 Å². The molecule has 128 valence electrons. The highest BCUT2D eigenvalue weighted by molar-refractivity contribution is 5.93. The zero-order chi connectivity index (χ0) is 18.1. The van der Waals surface area contributed by atoms with Crippen molar-refractivity contribution in [2.75, 3.05) is 6.54 Å². The van der Waals surface area contributed by atoms with Gasteiger partial charge in [-0.05, 0) is 43.2 Å². The molecule has 1 saturated heterocycles. The molecule has 1 aromatic heterocycles. The van der Waals surface area contributed by atoms with Crippen molar-refractivity contribution in [3.05, 3.63) is 64.5 Å². The van der Waals surface area contributed by atoms with E-state index in [1.165, 1.54) is 23.1 Å². The number of rotatable bonds is 2. The summed E-state index contributed by atoms with van der Waals surface area (Å²) in [5.41, 5.74) is 1.35. The number of aromatic nitrogens is 1. The molecule has 2 atom stereocenters. The molecule has 0 aliphatic carbocycles. The lowest BCUT2D eigenvalue weighted by molar-refractivity contribution is 0.0709. The molecule has 0 saturated carbocycles. The first-order valence-corrected chi connectivity index (χ1v) is 7.72. The first kappa shape index (κ1) is 17.0. The van der Waals surface area contributed by atoms with Crippen molar-refractivity contribution in [1.29, 1.82) is 5.26 Å². The lowest BCUT2D eigenvalue weighted by Gasteiger charge is -2.24. The molecule has 0 unspecified atom stereocenters. The van der Waals surface area contributed by atoms with Crippen molar-refractivity contribution in [1.82, 2.24) is 9.88 Å². The van der Waals surface area contributed by atoms with Gasteiger partial charge in [-0.15, -0.1) is 0 Å². The number of pyridine rings is 1. The van der Waals surface area contributed by atoms with E-state index >= 15 is 0 Å². The summed E-state index contributed by atoms with van der Waals surface area (Å²) in [4.78, 5) is 18.3. The van der Waals surface area contributed by atoms with Crippen molar-refractivity contribution in [3.63, 3.8) is 0 Å². The van der Waals surface area contributed by atoms with E-state index < -0.39 is 29.7 Å². The highest BCUT2D eigenvalue weighted by atomic mass is 19.2. The fraction of sp³-hybridized carbons (Fsp3) is 0.278. The van der Waals surface area contributed by atoms with Gasteiger partial charge in [-0.3, -0.25) is 4.79 Å². The molecule has 1 amide bonds. The Morgan fingerprint density at radius 2 is 2.08 bits per heavy atom. The maximum Gasteiger partial charge on any atom is 0.273 e. The predicted octanol–water partition coefficient (Wildman–Crippen LogP) is 2.49. The van der Waals surface area contributed by atoms with Crippen LogP contribution in [0, 0.1) is 29.9 Å². The van der Waals surface area contributed by atoms with E-state index in [0.29, 0.717) is 16.8 Å². The summed E-state index contributed by atoms with van der Waals surface area (Å²) in [5.74, 6) is -2.40. The lowest BCUT2D eigenvalue weighted by Crippen LogP contribution is -2.32. The summed E-state index contributed by atoms with van der Waals surface area (Å²) in [5, 5.41) is 18.9. The maximum absolute atomic E-state index is 13.5. The van der Waals surface area contributed by atoms with E-state index in [4.69, 9.17) is 5.26 Å². The second-order valence-electron chi connectivity index (χ2n) is 5.98. The van der Waals surface area contributed by atoms with E-state index in [2.05, 4.69) is 4.98 Å². The molecule has 1 N–H and O–H groups in total. The number of aliphatic hydroxyl groups excluding tert-OH is 1. The second kappa shape index (κ2) is 6.57. The highest BCUT2D eigenvalue weighted by Gasteiger charge is 2.36. The molecule has 0 radical (unpaired) electrons. The minimum Gasteiger partial charge on any atom is -0.391 e. The zero-order valence-electron chi connectivity index (χ0n) is 13.4. The first-order chi connectivity index (χ1) is 11.9. The summed E-state index contributed by atoms with van der Waals surface area (Å²) >= 11 is 0. The van der Waals surface area contributed by atoms with Gasteiger partial charge in [-0.1, -0.05) is 6.07 Å². The minimum absolute atomic E-state index is 0.0726. The van der Waals surface area contributed by atoms with Crippen LogP contribution < -0.4 is 0 Å². The molecule has 1 aliphatic heterocycles. The normalized spacial score (nSPS) is 19.7. The van der Waals surface area contributed by atoms with E-state index in [9.17, 15) is 18.7 Å². The van der Waals surface area contributed by atoms with Crippen LogP contribution >= 0.6 is 0 Å². The van der Waals surface area contributed by atoms with Gasteiger partial charge in [0.15, 0.2) is 11.6 Å². The summed E-state index contributed by atoms with van der Waals surface area (Å²) in [6.07, 6.45) is -0.534. The Hall–Kier alpha value is -2.85. The largest absolute Gasteiger partial charge is 0.391 e. The number of aryl methyl sites for hydroxylation is 1. The number of benzene rings is 1. The van der Waals surface area contributed by atoms with E-state index in [1.54, 1.807) is 6.92 Å². The third-order valence-electron chi connectivity index (χ3n) is 4.29. The second-order valence-corrected chi connectivity index (χ2v) is 5.98. The fourth-order valence-corrected chi connectivity index (χ4v) is 3.02. The number of carbonyl (C=O) groups is 1. The quantitative estimate of drug-likeness (QED) is 0.909. The molecule has 25 heavy (non-hydrogen) atoms. The van der Waals surface area contributed by atoms with Crippen LogP contribution in [-0.2, 0) is 0 Å². The monoisotopic (exact) mass is 343 g/mol. The molecule has 2 aromatic rings. The Morgan fingerprint density at radius 1 is 1.32 bits per heavy atom.